The van der Waals surface area contributed by atoms with Gasteiger partial charge in [-0.25, -0.2) is 0 Å². The monoisotopic (exact) mass is 371 g/mol. The number of thioether (sulfide) groups is 1. The molecule has 25 heavy (non-hydrogen) atoms. The number of fused-ring (bicyclic) bond motifs is 1. The maximum Gasteiger partial charge on any atom is 0.248 e. The molecule has 0 radical (unpaired) electrons. The molecule has 2 N–H and O–H groups in total. The normalized spacial score (nSPS) is 35.8. The van der Waals surface area contributed by atoms with Crippen LogP contribution in [0.1, 0.15) is 32.1 Å². The van der Waals surface area contributed by atoms with E-state index >= 15 is 0 Å². The van der Waals surface area contributed by atoms with Crippen molar-refractivity contribution in [2.75, 3.05) is 38.8 Å². The number of rotatable bonds is 6. The first-order chi connectivity index (χ1) is 12.3. The molecule has 0 bridgehead atoms. The fraction of sp³-hybridized carbons (Fsp3) is 0.941. The fourth-order valence-electron chi connectivity index (χ4n) is 4.20. The summed E-state index contributed by atoms with van der Waals surface area (Å²) in [6.45, 7) is 3.03. The number of nitrogens with zero attached hydrogens (tertiary/aromatic N) is 1. The fourth-order valence-corrected chi connectivity index (χ4v) is 5.47. The lowest BCUT2D eigenvalue weighted by molar-refractivity contribution is -0.141. The number of ether oxygens (including phenoxy) is 3. The van der Waals surface area contributed by atoms with Crippen molar-refractivity contribution in [3.05, 3.63) is 0 Å². The van der Waals surface area contributed by atoms with Gasteiger partial charge in [0.25, 0.3) is 0 Å². The second-order valence-corrected chi connectivity index (χ2v) is 8.78. The van der Waals surface area contributed by atoms with Crippen LogP contribution in [-0.4, -0.2) is 79.2 Å². The number of hydrogen-bond acceptors (Lipinski definition) is 7. The van der Waals surface area contributed by atoms with E-state index in [4.69, 9.17) is 14.2 Å². The van der Waals surface area contributed by atoms with E-state index in [0.717, 1.165) is 38.9 Å². The van der Waals surface area contributed by atoms with Crippen LogP contribution < -0.4 is 10.9 Å². The van der Waals surface area contributed by atoms with Crippen LogP contribution in [0.15, 0.2) is 0 Å². The van der Waals surface area contributed by atoms with E-state index in [1.165, 1.54) is 18.6 Å². The topological polar surface area (TPSA) is 72.1 Å². The number of carbonyl (C=O) groups excluding carboxylic acids is 1. The van der Waals surface area contributed by atoms with Gasteiger partial charge in [0.2, 0.25) is 5.91 Å². The van der Waals surface area contributed by atoms with Gasteiger partial charge in [-0.1, -0.05) is 0 Å². The third-order valence-electron chi connectivity index (χ3n) is 5.68. The lowest BCUT2D eigenvalue weighted by Gasteiger charge is -2.32. The SMILES string of the molecule is O=C(COC1CCC2OCOC2C1)N(CC1CCCS1)C1CNNC1. The van der Waals surface area contributed by atoms with Crippen molar-refractivity contribution >= 4 is 17.7 Å². The summed E-state index contributed by atoms with van der Waals surface area (Å²) in [7, 11) is 0. The molecular formula is C17H29N3O4S. The highest BCUT2D eigenvalue weighted by Gasteiger charge is 2.37. The molecule has 4 unspecified atom stereocenters. The van der Waals surface area contributed by atoms with Crippen LogP contribution in [0.3, 0.4) is 0 Å². The summed E-state index contributed by atoms with van der Waals surface area (Å²) in [6.07, 6.45) is 5.70. The molecular weight excluding hydrogens is 342 g/mol. The van der Waals surface area contributed by atoms with E-state index in [9.17, 15) is 4.79 Å². The third-order valence-corrected chi connectivity index (χ3v) is 7.06. The molecule has 142 valence electrons. The van der Waals surface area contributed by atoms with Gasteiger partial charge in [0.15, 0.2) is 0 Å². The highest BCUT2D eigenvalue weighted by Crippen LogP contribution is 2.30. The standard InChI is InChI=1S/C17H29N3O4S/c21-17(10-22-13-3-4-15-16(6-13)24-11-23-15)20(12-7-18-19-8-12)9-14-2-1-5-25-14/h12-16,18-19H,1-11H2. The van der Waals surface area contributed by atoms with Crippen molar-refractivity contribution in [2.24, 2.45) is 0 Å². The Hall–Kier alpha value is -0.380. The molecule has 1 saturated carbocycles. The van der Waals surface area contributed by atoms with Gasteiger partial charge in [-0.3, -0.25) is 15.6 Å². The van der Waals surface area contributed by atoms with Crippen molar-refractivity contribution < 1.29 is 19.0 Å². The molecule has 4 rings (SSSR count). The first-order valence-corrected chi connectivity index (χ1v) is 10.6. The van der Waals surface area contributed by atoms with E-state index < -0.39 is 0 Å². The summed E-state index contributed by atoms with van der Waals surface area (Å²) in [5.41, 5.74) is 6.28. The molecule has 4 fully saturated rings. The molecule has 3 saturated heterocycles. The number of carbonyl (C=O) groups is 1. The van der Waals surface area contributed by atoms with Crippen molar-refractivity contribution in [2.45, 2.75) is 61.7 Å². The highest BCUT2D eigenvalue weighted by atomic mass is 32.2. The summed E-state index contributed by atoms with van der Waals surface area (Å²) in [5, 5.41) is 0.573. The predicted molar refractivity (Wildman–Crippen MR) is 95.2 cm³/mol. The van der Waals surface area contributed by atoms with E-state index in [-0.39, 0.29) is 36.9 Å². The van der Waals surface area contributed by atoms with Crippen molar-refractivity contribution in [3.63, 3.8) is 0 Å². The molecule has 4 atom stereocenters. The summed E-state index contributed by atoms with van der Waals surface area (Å²) in [6, 6.07) is 0.222. The molecule has 4 aliphatic rings. The molecule has 0 aromatic heterocycles. The average Bonchev–Trinajstić information content (AvgIpc) is 3.39. The Bertz CT molecular complexity index is 457. The van der Waals surface area contributed by atoms with Crippen molar-refractivity contribution in [1.29, 1.82) is 0 Å². The maximum absolute atomic E-state index is 12.9. The van der Waals surface area contributed by atoms with Gasteiger partial charge in [-0.15, -0.1) is 0 Å². The van der Waals surface area contributed by atoms with E-state index in [1.54, 1.807) is 0 Å². The Morgan fingerprint density at radius 3 is 2.80 bits per heavy atom. The van der Waals surface area contributed by atoms with Gasteiger partial charge >= 0.3 is 0 Å². The van der Waals surface area contributed by atoms with Gasteiger partial charge in [0.1, 0.15) is 13.4 Å². The Labute approximate surface area is 153 Å². The van der Waals surface area contributed by atoms with E-state index in [2.05, 4.69) is 10.9 Å². The number of amides is 1. The molecule has 1 aliphatic carbocycles. The molecule has 1 amide bonds. The summed E-state index contributed by atoms with van der Waals surface area (Å²) in [5.74, 6) is 1.34. The Balaban J connectivity index is 1.28. The largest absolute Gasteiger partial charge is 0.368 e. The Morgan fingerprint density at radius 2 is 2.00 bits per heavy atom. The Morgan fingerprint density at radius 1 is 1.16 bits per heavy atom. The minimum absolute atomic E-state index is 0.106. The van der Waals surface area contributed by atoms with Gasteiger partial charge in [0.05, 0.1) is 24.4 Å². The van der Waals surface area contributed by atoms with Crippen LogP contribution in [0.5, 0.6) is 0 Å². The van der Waals surface area contributed by atoms with Crippen LogP contribution in [-0.2, 0) is 19.0 Å². The van der Waals surface area contributed by atoms with E-state index in [1.807, 2.05) is 16.7 Å². The lowest BCUT2D eigenvalue weighted by atomic mass is 9.92. The third kappa shape index (κ3) is 4.48. The van der Waals surface area contributed by atoms with Gasteiger partial charge in [0, 0.05) is 31.3 Å². The number of hydrazine groups is 1. The summed E-state index contributed by atoms with van der Waals surface area (Å²) in [4.78, 5) is 14.9. The van der Waals surface area contributed by atoms with Crippen molar-refractivity contribution in [3.8, 4) is 0 Å². The zero-order chi connectivity index (χ0) is 17.1. The number of nitrogens with one attached hydrogen (secondary N) is 2. The quantitative estimate of drug-likeness (QED) is 0.704. The minimum Gasteiger partial charge on any atom is -0.368 e. The van der Waals surface area contributed by atoms with Crippen LogP contribution >= 0.6 is 11.8 Å². The summed E-state index contributed by atoms with van der Waals surface area (Å²) < 4.78 is 17.1. The molecule has 3 aliphatic heterocycles. The minimum atomic E-state index is 0.106. The van der Waals surface area contributed by atoms with Crippen LogP contribution in [0, 0.1) is 0 Å². The van der Waals surface area contributed by atoms with Gasteiger partial charge in [-0.05, 0) is 31.4 Å². The van der Waals surface area contributed by atoms with Gasteiger partial charge < -0.3 is 19.1 Å². The van der Waals surface area contributed by atoms with Gasteiger partial charge in [-0.2, -0.15) is 11.8 Å². The second kappa shape index (κ2) is 8.54. The Kier molecular flexibility index (Phi) is 6.15. The second-order valence-electron chi connectivity index (χ2n) is 7.37. The zero-order valence-electron chi connectivity index (χ0n) is 14.7. The smallest absolute Gasteiger partial charge is 0.248 e. The average molecular weight is 372 g/mol. The van der Waals surface area contributed by atoms with Crippen molar-refractivity contribution in [1.82, 2.24) is 15.8 Å². The molecule has 0 aromatic carbocycles. The van der Waals surface area contributed by atoms with Crippen LogP contribution in [0.25, 0.3) is 0 Å². The highest BCUT2D eigenvalue weighted by molar-refractivity contribution is 8.00. The molecule has 7 nitrogen and oxygen atoms in total. The van der Waals surface area contributed by atoms with E-state index in [0.29, 0.717) is 12.0 Å². The predicted octanol–water partition coefficient (Wildman–Crippen LogP) is 0.498. The lowest BCUT2D eigenvalue weighted by Crippen LogP contribution is -2.48. The molecule has 0 aromatic rings. The zero-order valence-corrected chi connectivity index (χ0v) is 15.5. The number of hydrogen-bond donors (Lipinski definition) is 2. The first kappa shape index (κ1) is 18.0. The molecule has 3 heterocycles. The summed E-state index contributed by atoms with van der Waals surface area (Å²) >= 11 is 2.00. The maximum atomic E-state index is 12.9. The first-order valence-electron chi connectivity index (χ1n) is 9.51. The van der Waals surface area contributed by atoms with Crippen LogP contribution in [0.2, 0.25) is 0 Å². The molecule has 8 heteroatoms. The van der Waals surface area contributed by atoms with Crippen LogP contribution in [0.4, 0.5) is 0 Å². The molecule has 0 spiro atoms.